The van der Waals surface area contributed by atoms with Gasteiger partial charge in [-0.15, -0.1) is 13.2 Å². The molecule has 0 aromatic heterocycles. The second kappa shape index (κ2) is 9.01. The molecule has 1 aliphatic rings. The fourth-order valence-electron chi connectivity index (χ4n) is 4.96. The number of alkyl halides is 3. The van der Waals surface area contributed by atoms with E-state index in [1.807, 2.05) is 36.4 Å². The summed E-state index contributed by atoms with van der Waals surface area (Å²) in [4.78, 5) is 0. The fourth-order valence-corrected chi connectivity index (χ4v) is 4.96. The van der Waals surface area contributed by atoms with Gasteiger partial charge in [-0.25, -0.2) is 0 Å². The molecule has 0 amide bonds. The monoisotopic (exact) mass is 423 g/mol. The highest BCUT2D eigenvalue weighted by Gasteiger charge is 2.33. The Morgan fingerprint density at radius 2 is 1.58 bits per heavy atom. The minimum absolute atomic E-state index is 0.109. The molecule has 0 N–H and O–H groups in total. The van der Waals surface area contributed by atoms with Crippen molar-refractivity contribution >= 4 is 10.8 Å². The Labute approximate surface area is 180 Å². The number of hydrogen-bond acceptors (Lipinski definition) is 2. The molecule has 31 heavy (non-hydrogen) atoms. The largest absolute Gasteiger partial charge is 0.573 e. The quantitative estimate of drug-likeness (QED) is 0.407. The highest BCUT2D eigenvalue weighted by Crippen LogP contribution is 2.42. The van der Waals surface area contributed by atoms with Crippen molar-refractivity contribution in [1.29, 1.82) is 5.26 Å². The van der Waals surface area contributed by atoms with Crippen LogP contribution in [0.3, 0.4) is 0 Å². The van der Waals surface area contributed by atoms with E-state index >= 15 is 0 Å². The van der Waals surface area contributed by atoms with E-state index in [-0.39, 0.29) is 17.6 Å². The molecular weight excluding hydrogens is 399 g/mol. The van der Waals surface area contributed by atoms with E-state index in [1.165, 1.54) is 11.6 Å². The standard InChI is InChI=1S/C26H24F3NO/c27-26(28,29)31-25-13-7-4-9-19(25)16-18-8-2-1-3-10-21(18)24-15-14-20(17-30)22-11-5-6-12-23(22)24/h4-7,9,11-15,18,21H,1-3,8,10,16H2. The highest BCUT2D eigenvalue weighted by atomic mass is 19.4. The molecule has 2 nitrogen and oxygen atoms in total. The van der Waals surface area contributed by atoms with E-state index in [0.717, 1.165) is 42.9 Å². The van der Waals surface area contributed by atoms with Gasteiger partial charge in [0, 0.05) is 0 Å². The van der Waals surface area contributed by atoms with Crippen molar-refractivity contribution in [3.05, 3.63) is 77.4 Å². The molecule has 160 valence electrons. The number of rotatable bonds is 4. The smallest absolute Gasteiger partial charge is 0.406 e. The number of nitriles is 1. The van der Waals surface area contributed by atoms with Gasteiger partial charge in [0.25, 0.3) is 0 Å². The summed E-state index contributed by atoms with van der Waals surface area (Å²) in [5, 5.41) is 11.5. The zero-order valence-corrected chi connectivity index (χ0v) is 17.2. The third-order valence-electron chi connectivity index (χ3n) is 6.32. The van der Waals surface area contributed by atoms with Crippen molar-refractivity contribution < 1.29 is 17.9 Å². The number of benzene rings is 3. The summed E-state index contributed by atoms with van der Waals surface area (Å²) in [6.45, 7) is 0. The van der Waals surface area contributed by atoms with Crippen molar-refractivity contribution in [3.63, 3.8) is 0 Å². The lowest BCUT2D eigenvalue weighted by Crippen LogP contribution is -2.20. The molecule has 3 aromatic rings. The van der Waals surface area contributed by atoms with Crippen LogP contribution in [0.5, 0.6) is 5.75 Å². The second-order valence-corrected chi connectivity index (χ2v) is 8.22. The lowest BCUT2D eigenvalue weighted by molar-refractivity contribution is -0.274. The molecule has 3 aromatic carbocycles. The van der Waals surface area contributed by atoms with Crippen molar-refractivity contribution in [2.75, 3.05) is 0 Å². The summed E-state index contributed by atoms with van der Waals surface area (Å²) in [6, 6.07) is 20.6. The third-order valence-corrected chi connectivity index (χ3v) is 6.32. The first-order valence-corrected chi connectivity index (χ1v) is 10.7. The van der Waals surface area contributed by atoms with Crippen LogP contribution < -0.4 is 4.74 Å². The van der Waals surface area contributed by atoms with Gasteiger partial charge in [-0.2, -0.15) is 5.26 Å². The molecule has 0 saturated heterocycles. The van der Waals surface area contributed by atoms with Crippen molar-refractivity contribution in [2.24, 2.45) is 5.92 Å². The van der Waals surface area contributed by atoms with Crippen molar-refractivity contribution in [2.45, 2.75) is 50.8 Å². The normalized spacial score (nSPS) is 19.5. The molecule has 1 saturated carbocycles. The summed E-state index contributed by atoms with van der Waals surface area (Å²) >= 11 is 0. The Hall–Kier alpha value is -3.00. The zero-order valence-electron chi connectivity index (χ0n) is 17.2. The van der Waals surface area contributed by atoms with Crippen LogP contribution in [0.25, 0.3) is 10.8 Å². The van der Waals surface area contributed by atoms with E-state index in [0.29, 0.717) is 17.5 Å². The molecule has 0 spiro atoms. The van der Waals surface area contributed by atoms with Crippen LogP contribution in [0.4, 0.5) is 13.2 Å². The van der Waals surface area contributed by atoms with Gasteiger partial charge in [0.05, 0.1) is 11.6 Å². The Morgan fingerprint density at radius 1 is 0.871 bits per heavy atom. The van der Waals surface area contributed by atoms with Crippen LogP contribution in [-0.2, 0) is 6.42 Å². The third kappa shape index (κ3) is 4.85. The Balaban J connectivity index is 1.72. The van der Waals surface area contributed by atoms with Crippen LogP contribution in [-0.4, -0.2) is 6.36 Å². The Morgan fingerprint density at radius 3 is 2.35 bits per heavy atom. The number of fused-ring (bicyclic) bond motifs is 1. The Kier molecular flexibility index (Phi) is 6.18. The van der Waals surface area contributed by atoms with Crippen molar-refractivity contribution in [1.82, 2.24) is 0 Å². The van der Waals surface area contributed by atoms with E-state index < -0.39 is 6.36 Å². The van der Waals surface area contributed by atoms with E-state index in [1.54, 1.807) is 18.2 Å². The minimum Gasteiger partial charge on any atom is -0.406 e. The number of nitrogens with zero attached hydrogens (tertiary/aromatic N) is 1. The average molecular weight is 423 g/mol. The molecule has 0 bridgehead atoms. The SMILES string of the molecule is N#Cc1ccc(C2CCCCCC2Cc2ccccc2OC(F)(F)F)c2ccccc12. The summed E-state index contributed by atoms with van der Waals surface area (Å²) in [6.07, 6.45) is 1.06. The van der Waals surface area contributed by atoms with Crippen LogP contribution in [0, 0.1) is 17.2 Å². The predicted molar refractivity (Wildman–Crippen MR) is 115 cm³/mol. The first kappa shape index (κ1) is 21.2. The molecule has 0 heterocycles. The maximum Gasteiger partial charge on any atom is 0.573 e. The van der Waals surface area contributed by atoms with Crippen molar-refractivity contribution in [3.8, 4) is 11.8 Å². The maximum absolute atomic E-state index is 12.9. The first-order valence-electron chi connectivity index (χ1n) is 10.7. The summed E-state index contributed by atoms with van der Waals surface area (Å²) in [5.41, 5.74) is 2.43. The number of para-hydroxylation sites is 1. The van der Waals surface area contributed by atoms with Gasteiger partial charge in [-0.1, -0.05) is 67.8 Å². The van der Waals surface area contributed by atoms with Gasteiger partial charge in [-0.3, -0.25) is 0 Å². The predicted octanol–water partition coefficient (Wildman–Crippen LogP) is 7.52. The highest BCUT2D eigenvalue weighted by molar-refractivity contribution is 5.91. The topological polar surface area (TPSA) is 33.0 Å². The van der Waals surface area contributed by atoms with Crippen LogP contribution in [0.1, 0.15) is 54.7 Å². The summed E-state index contributed by atoms with van der Waals surface area (Å²) in [7, 11) is 0. The first-order chi connectivity index (χ1) is 15.0. The molecule has 2 unspecified atom stereocenters. The molecule has 5 heteroatoms. The number of halogens is 3. The van der Waals surface area contributed by atoms with E-state index in [2.05, 4.69) is 10.8 Å². The minimum atomic E-state index is -4.71. The lowest BCUT2D eigenvalue weighted by atomic mass is 9.77. The lowest BCUT2D eigenvalue weighted by Gasteiger charge is -2.28. The van der Waals surface area contributed by atoms with Gasteiger partial charge in [0.1, 0.15) is 5.75 Å². The molecular formula is C26H24F3NO. The van der Waals surface area contributed by atoms with Crippen LogP contribution >= 0.6 is 0 Å². The Bertz CT molecular complexity index is 1100. The summed E-state index contributed by atoms with van der Waals surface area (Å²) < 4.78 is 43.0. The maximum atomic E-state index is 12.9. The summed E-state index contributed by atoms with van der Waals surface area (Å²) in [5.74, 6) is 0.318. The molecule has 1 aliphatic carbocycles. The zero-order chi connectivity index (χ0) is 21.8. The number of hydrogen-bond donors (Lipinski definition) is 0. The van der Waals surface area contributed by atoms with Crippen LogP contribution in [0.15, 0.2) is 60.7 Å². The average Bonchev–Trinajstić information content (AvgIpc) is 2.99. The molecule has 1 fully saturated rings. The van der Waals surface area contributed by atoms with E-state index in [9.17, 15) is 18.4 Å². The van der Waals surface area contributed by atoms with Gasteiger partial charge < -0.3 is 4.74 Å². The molecule has 0 radical (unpaired) electrons. The van der Waals surface area contributed by atoms with Gasteiger partial charge in [-0.05, 0) is 65.1 Å². The van der Waals surface area contributed by atoms with Crippen LogP contribution in [0.2, 0.25) is 0 Å². The molecule has 2 atom stereocenters. The number of ether oxygens (including phenoxy) is 1. The molecule has 4 rings (SSSR count). The van der Waals surface area contributed by atoms with Gasteiger partial charge in [0.2, 0.25) is 0 Å². The second-order valence-electron chi connectivity index (χ2n) is 8.22. The van der Waals surface area contributed by atoms with Gasteiger partial charge in [0.15, 0.2) is 0 Å². The van der Waals surface area contributed by atoms with E-state index in [4.69, 9.17) is 0 Å². The molecule has 0 aliphatic heterocycles. The fraction of sp³-hybridized carbons (Fsp3) is 0.346. The van der Waals surface area contributed by atoms with Gasteiger partial charge >= 0.3 is 6.36 Å².